The molecule has 0 heterocycles. The monoisotopic (exact) mass is 307 g/mol. The molecule has 0 aliphatic heterocycles. The minimum atomic E-state index is 0.672. The minimum absolute atomic E-state index is 0.672. The molecule has 1 rings (SSSR count). The zero-order valence-corrected chi connectivity index (χ0v) is 14.8. The summed E-state index contributed by atoms with van der Waals surface area (Å²) in [4.78, 5) is 13.6. The molecule has 0 spiro atoms. The summed E-state index contributed by atoms with van der Waals surface area (Å²) in [6.45, 7) is 2.98. The van der Waals surface area contributed by atoms with E-state index in [4.69, 9.17) is 0 Å². The summed E-state index contributed by atoms with van der Waals surface area (Å²) in [5.74, 6) is 2.04. The number of aliphatic imine (C=N–C) groups is 1. The molecule has 0 aromatic rings. The van der Waals surface area contributed by atoms with Crippen LogP contribution in [0.4, 0.5) is 0 Å². The van der Waals surface area contributed by atoms with Crippen molar-refractivity contribution in [2.75, 3.05) is 6.54 Å². The lowest BCUT2D eigenvalue weighted by atomic mass is 9.75. The average molecular weight is 308 g/mol. The summed E-state index contributed by atoms with van der Waals surface area (Å²) < 4.78 is 0. The van der Waals surface area contributed by atoms with Crippen LogP contribution in [0.15, 0.2) is 4.99 Å². The molecule has 0 radical (unpaired) electrons. The number of hydrogen-bond acceptors (Lipinski definition) is 2. The lowest BCUT2D eigenvalue weighted by Crippen LogP contribution is -2.18. The van der Waals surface area contributed by atoms with Crippen LogP contribution in [0.5, 0.6) is 0 Å². The van der Waals surface area contributed by atoms with Gasteiger partial charge in [0.25, 0.3) is 0 Å². The van der Waals surface area contributed by atoms with E-state index in [1.807, 2.05) is 0 Å². The topological polar surface area (TPSA) is 29.4 Å². The Hall–Kier alpha value is -0.620. The van der Waals surface area contributed by atoms with Gasteiger partial charge in [0.2, 0.25) is 6.08 Å². The zero-order chi connectivity index (χ0) is 15.9. The first-order valence-corrected chi connectivity index (χ1v) is 9.92. The molecule has 2 nitrogen and oxygen atoms in total. The highest BCUT2D eigenvalue weighted by atomic mass is 16.1. The molecular weight excluding hydrogens is 270 g/mol. The van der Waals surface area contributed by atoms with Gasteiger partial charge in [-0.05, 0) is 18.3 Å². The molecule has 0 amide bonds. The van der Waals surface area contributed by atoms with E-state index in [9.17, 15) is 4.79 Å². The Morgan fingerprint density at radius 1 is 0.909 bits per heavy atom. The number of nitrogens with zero attached hydrogens (tertiary/aromatic N) is 1. The van der Waals surface area contributed by atoms with Gasteiger partial charge in [0, 0.05) is 0 Å². The number of rotatable bonds is 13. The molecule has 1 aliphatic rings. The maximum Gasteiger partial charge on any atom is 0.234 e. The van der Waals surface area contributed by atoms with E-state index < -0.39 is 0 Å². The summed E-state index contributed by atoms with van der Waals surface area (Å²) >= 11 is 0. The molecule has 0 aromatic heterocycles. The van der Waals surface area contributed by atoms with Crippen LogP contribution >= 0.6 is 0 Å². The molecule has 22 heavy (non-hydrogen) atoms. The van der Waals surface area contributed by atoms with Crippen molar-refractivity contribution in [3.8, 4) is 0 Å². The lowest BCUT2D eigenvalue weighted by molar-refractivity contribution is 0.215. The molecule has 0 N–H and O–H groups in total. The van der Waals surface area contributed by atoms with Crippen molar-refractivity contribution in [1.29, 1.82) is 0 Å². The van der Waals surface area contributed by atoms with Crippen molar-refractivity contribution in [1.82, 2.24) is 0 Å². The van der Waals surface area contributed by atoms with Gasteiger partial charge in [-0.25, -0.2) is 9.79 Å². The normalized spacial score (nSPS) is 17.1. The highest BCUT2D eigenvalue weighted by Gasteiger charge is 2.22. The fourth-order valence-corrected chi connectivity index (χ4v) is 4.05. The van der Waals surface area contributed by atoms with Crippen molar-refractivity contribution in [3.63, 3.8) is 0 Å². The predicted octanol–water partition coefficient (Wildman–Crippen LogP) is 6.44. The second kappa shape index (κ2) is 14.0. The standard InChI is InChI=1S/C20H37NO/c1-2-3-8-13-19(20-15-10-7-11-16-20)14-9-5-4-6-12-17-21-18-22/h19-20H,2-17H2,1H3. The largest absolute Gasteiger partial charge is 0.234 e. The van der Waals surface area contributed by atoms with Gasteiger partial charge in [-0.3, -0.25) is 0 Å². The van der Waals surface area contributed by atoms with Gasteiger partial charge in [-0.2, -0.15) is 0 Å². The molecular formula is C20H37NO. The van der Waals surface area contributed by atoms with E-state index in [0.29, 0.717) is 6.54 Å². The fraction of sp³-hybridized carbons (Fsp3) is 0.950. The maximum atomic E-state index is 9.98. The van der Waals surface area contributed by atoms with Crippen LogP contribution in [-0.2, 0) is 4.79 Å². The molecule has 0 bridgehead atoms. The molecule has 0 aromatic carbocycles. The number of unbranched alkanes of at least 4 members (excludes halogenated alkanes) is 6. The Balaban J connectivity index is 2.14. The number of hydrogen-bond donors (Lipinski definition) is 0. The van der Waals surface area contributed by atoms with E-state index in [1.165, 1.54) is 89.9 Å². The van der Waals surface area contributed by atoms with Crippen LogP contribution < -0.4 is 0 Å². The van der Waals surface area contributed by atoms with Crippen molar-refractivity contribution >= 4 is 6.08 Å². The third-order valence-corrected chi connectivity index (χ3v) is 5.40. The molecule has 128 valence electrons. The Morgan fingerprint density at radius 2 is 1.55 bits per heavy atom. The first kappa shape index (κ1) is 19.4. The molecule has 0 saturated heterocycles. The highest BCUT2D eigenvalue weighted by Crippen LogP contribution is 2.35. The molecule has 1 unspecified atom stereocenters. The molecule has 1 saturated carbocycles. The van der Waals surface area contributed by atoms with Gasteiger partial charge in [-0.1, -0.05) is 96.8 Å². The Kier molecular flexibility index (Phi) is 12.4. The van der Waals surface area contributed by atoms with Gasteiger partial charge >= 0.3 is 0 Å². The predicted molar refractivity (Wildman–Crippen MR) is 94.9 cm³/mol. The third-order valence-electron chi connectivity index (χ3n) is 5.40. The van der Waals surface area contributed by atoms with E-state index in [2.05, 4.69) is 11.9 Å². The zero-order valence-electron chi connectivity index (χ0n) is 14.8. The SMILES string of the molecule is CCCCCC(CCCCCCCN=C=O)C1CCCCC1. The van der Waals surface area contributed by atoms with E-state index in [-0.39, 0.29) is 0 Å². The van der Waals surface area contributed by atoms with E-state index in [1.54, 1.807) is 6.08 Å². The van der Waals surface area contributed by atoms with Gasteiger partial charge in [0.1, 0.15) is 0 Å². The summed E-state index contributed by atoms with van der Waals surface area (Å²) in [5.41, 5.74) is 0. The fourth-order valence-electron chi connectivity index (χ4n) is 4.05. The summed E-state index contributed by atoms with van der Waals surface area (Å²) in [6.07, 6.45) is 22.5. The maximum absolute atomic E-state index is 9.98. The van der Waals surface area contributed by atoms with E-state index >= 15 is 0 Å². The van der Waals surface area contributed by atoms with Crippen LogP contribution in [-0.4, -0.2) is 12.6 Å². The van der Waals surface area contributed by atoms with Gasteiger partial charge in [0.15, 0.2) is 0 Å². The van der Waals surface area contributed by atoms with Crippen LogP contribution in [0.2, 0.25) is 0 Å². The Bertz CT molecular complexity index is 290. The lowest BCUT2D eigenvalue weighted by Gasteiger charge is -2.30. The van der Waals surface area contributed by atoms with Gasteiger partial charge in [0.05, 0.1) is 6.54 Å². The Labute approximate surface area is 138 Å². The van der Waals surface area contributed by atoms with Crippen molar-refractivity contribution < 1.29 is 4.79 Å². The smallest absolute Gasteiger partial charge is 0.211 e. The first-order valence-electron chi connectivity index (χ1n) is 9.92. The van der Waals surface area contributed by atoms with Crippen LogP contribution in [0.1, 0.15) is 103 Å². The second-order valence-electron chi connectivity index (χ2n) is 7.18. The van der Waals surface area contributed by atoms with Crippen LogP contribution in [0.3, 0.4) is 0 Å². The highest BCUT2D eigenvalue weighted by molar-refractivity contribution is 5.32. The molecule has 1 aliphatic carbocycles. The van der Waals surface area contributed by atoms with Gasteiger partial charge in [-0.15, -0.1) is 0 Å². The van der Waals surface area contributed by atoms with Crippen LogP contribution in [0.25, 0.3) is 0 Å². The molecule has 2 heteroatoms. The summed E-state index contributed by atoms with van der Waals surface area (Å²) in [7, 11) is 0. The Morgan fingerprint density at radius 3 is 2.23 bits per heavy atom. The van der Waals surface area contributed by atoms with E-state index in [0.717, 1.165) is 18.3 Å². The quantitative estimate of drug-likeness (QED) is 0.219. The number of isocyanates is 1. The summed E-state index contributed by atoms with van der Waals surface area (Å²) in [5, 5.41) is 0. The van der Waals surface area contributed by atoms with Crippen molar-refractivity contribution in [3.05, 3.63) is 0 Å². The van der Waals surface area contributed by atoms with Crippen LogP contribution in [0, 0.1) is 11.8 Å². The second-order valence-corrected chi connectivity index (χ2v) is 7.18. The number of carbonyl (C=O) groups excluding carboxylic acids is 1. The molecule has 1 atom stereocenters. The van der Waals surface area contributed by atoms with Crippen molar-refractivity contribution in [2.45, 2.75) is 103 Å². The third kappa shape index (κ3) is 9.41. The first-order chi connectivity index (χ1) is 10.9. The minimum Gasteiger partial charge on any atom is -0.211 e. The average Bonchev–Trinajstić information content (AvgIpc) is 2.56. The summed E-state index contributed by atoms with van der Waals surface area (Å²) in [6, 6.07) is 0. The van der Waals surface area contributed by atoms with Gasteiger partial charge < -0.3 is 0 Å². The molecule has 1 fully saturated rings. The van der Waals surface area contributed by atoms with Crippen molar-refractivity contribution in [2.24, 2.45) is 16.8 Å².